The molecule has 0 bridgehead atoms. The van der Waals surface area contributed by atoms with Gasteiger partial charge in [-0.3, -0.25) is 4.90 Å². The largest absolute Gasteiger partial charge is 0.479 e. The molecule has 11 heteroatoms. The Labute approximate surface area is 185 Å². The number of pyridine rings is 1. The van der Waals surface area contributed by atoms with Crippen LogP contribution in [0.4, 0.5) is 22.0 Å². The number of aromatic nitrogens is 5. The summed E-state index contributed by atoms with van der Waals surface area (Å²) in [6.07, 6.45) is 4.20. The van der Waals surface area contributed by atoms with Crippen molar-refractivity contribution in [3.63, 3.8) is 0 Å². The average molecular weight is 438 g/mol. The van der Waals surface area contributed by atoms with E-state index in [1.807, 2.05) is 0 Å². The quantitative estimate of drug-likeness (QED) is 0.636. The van der Waals surface area contributed by atoms with Crippen LogP contribution in [0, 0.1) is 6.92 Å². The lowest BCUT2D eigenvalue weighted by molar-refractivity contribution is 0.257. The van der Waals surface area contributed by atoms with Gasteiger partial charge in [-0.15, -0.1) is 0 Å². The molecule has 11 nitrogen and oxygen atoms in total. The van der Waals surface area contributed by atoms with E-state index in [0.29, 0.717) is 41.7 Å². The highest BCUT2D eigenvalue weighted by Crippen LogP contribution is 2.35. The van der Waals surface area contributed by atoms with Gasteiger partial charge in [0.15, 0.2) is 0 Å². The number of hydrogen-bond donors (Lipinski definition) is 2. The molecule has 0 radical (unpaired) electrons. The summed E-state index contributed by atoms with van der Waals surface area (Å²) < 4.78 is 6.88. The van der Waals surface area contributed by atoms with Gasteiger partial charge in [-0.25, -0.2) is 14.3 Å². The summed E-state index contributed by atoms with van der Waals surface area (Å²) >= 11 is 0. The molecule has 0 unspecified atom stereocenters. The second kappa shape index (κ2) is 7.90. The second-order valence-corrected chi connectivity index (χ2v) is 8.41. The Kier molecular flexibility index (Phi) is 5.04. The van der Waals surface area contributed by atoms with Gasteiger partial charge in [0.25, 0.3) is 5.78 Å². The van der Waals surface area contributed by atoms with Crippen LogP contribution < -0.4 is 25.2 Å². The molecule has 0 saturated carbocycles. The van der Waals surface area contributed by atoms with Gasteiger partial charge in [0.05, 0.1) is 13.3 Å². The minimum Gasteiger partial charge on any atom is -0.479 e. The molecule has 0 aromatic carbocycles. The second-order valence-electron chi connectivity index (χ2n) is 8.41. The summed E-state index contributed by atoms with van der Waals surface area (Å²) in [5, 5.41) is 10.7. The minimum atomic E-state index is -0.285. The van der Waals surface area contributed by atoms with Crippen molar-refractivity contribution in [2.75, 3.05) is 41.9 Å². The van der Waals surface area contributed by atoms with Gasteiger partial charge in [-0.05, 0) is 33.3 Å². The Morgan fingerprint density at radius 3 is 2.78 bits per heavy atom. The average Bonchev–Trinajstić information content (AvgIpc) is 3.34. The number of nitrogens with one attached hydrogen (secondary N) is 2. The number of hydrogen-bond acceptors (Lipinski definition) is 8. The maximum Gasteiger partial charge on any atom is 0.327 e. The monoisotopic (exact) mass is 437 g/mol. The van der Waals surface area contributed by atoms with Gasteiger partial charge in [0.1, 0.15) is 17.3 Å². The predicted octanol–water partition coefficient (Wildman–Crippen LogP) is 1.62. The van der Waals surface area contributed by atoms with Crippen LogP contribution >= 0.6 is 0 Å². The van der Waals surface area contributed by atoms with Crippen LogP contribution in [0.1, 0.15) is 25.2 Å². The molecule has 1 fully saturated rings. The molecule has 168 valence electrons. The van der Waals surface area contributed by atoms with E-state index in [-0.39, 0.29) is 11.9 Å². The number of fused-ring (bicyclic) bond motifs is 2. The summed E-state index contributed by atoms with van der Waals surface area (Å²) in [6.45, 7) is 8.57. The molecule has 3 aromatic heterocycles. The fraction of sp³-hybridized carbons (Fsp3) is 0.476. The van der Waals surface area contributed by atoms with Crippen molar-refractivity contribution in [3.05, 3.63) is 29.8 Å². The van der Waals surface area contributed by atoms with Gasteiger partial charge >= 0.3 is 6.03 Å². The number of ether oxygens (including phenoxy) is 1. The van der Waals surface area contributed by atoms with Crippen molar-refractivity contribution in [2.24, 2.45) is 0 Å². The Morgan fingerprint density at radius 1 is 1.25 bits per heavy atom. The number of nitrogens with zero attached hydrogens (tertiary/aromatic N) is 7. The SMILES string of the molecule is COc1nc2nc(C)nn2cc1NC(=O)N1CCc2c(N3C[C@@H](C)N[C@@H](C)C3)ccnc21. The first kappa shape index (κ1) is 20.4. The lowest BCUT2D eigenvalue weighted by Gasteiger charge is -2.38. The van der Waals surface area contributed by atoms with Crippen molar-refractivity contribution in [2.45, 2.75) is 39.3 Å². The summed E-state index contributed by atoms with van der Waals surface area (Å²) in [5.74, 6) is 1.98. The number of piperazine rings is 1. The van der Waals surface area contributed by atoms with Crippen molar-refractivity contribution in [1.29, 1.82) is 0 Å². The van der Waals surface area contributed by atoms with Gasteiger partial charge < -0.3 is 20.3 Å². The predicted molar refractivity (Wildman–Crippen MR) is 121 cm³/mol. The zero-order valence-electron chi connectivity index (χ0n) is 18.7. The number of methoxy groups -OCH3 is 1. The van der Waals surface area contributed by atoms with Crippen molar-refractivity contribution >= 4 is 29.0 Å². The molecule has 2 N–H and O–H groups in total. The van der Waals surface area contributed by atoms with Crippen molar-refractivity contribution in [3.8, 4) is 5.88 Å². The van der Waals surface area contributed by atoms with Crippen LogP contribution in [0.5, 0.6) is 5.88 Å². The van der Waals surface area contributed by atoms with Crippen molar-refractivity contribution in [1.82, 2.24) is 29.9 Å². The Bertz CT molecular complexity index is 1170. The Hall–Kier alpha value is -3.47. The van der Waals surface area contributed by atoms with E-state index in [9.17, 15) is 4.79 Å². The number of anilines is 3. The third kappa shape index (κ3) is 3.58. The maximum atomic E-state index is 13.2. The summed E-state index contributed by atoms with van der Waals surface area (Å²) in [4.78, 5) is 30.4. The normalized spacial score (nSPS) is 20.5. The van der Waals surface area contributed by atoms with E-state index in [4.69, 9.17) is 4.74 Å². The zero-order valence-corrected chi connectivity index (χ0v) is 18.7. The first-order valence-corrected chi connectivity index (χ1v) is 10.8. The molecule has 2 aliphatic heterocycles. The van der Waals surface area contributed by atoms with Crippen LogP contribution in [-0.4, -0.2) is 69.4 Å². The highest BCUT2D eigenvalue weighted by molar-refractivity contribution is 6.03. The van der Waals surface area contributed by atoms with Gasteiger partial charge in [-0.2, -0.15) is 15.1 Å². The molecule has 2 atom stereocenters. The topological polar surface area (TPSA) is 113 Å². The van der Waals surface area contributed by atoms with Gasteiger partial charge in [-0.1, -0.05) is 0 Å². The maximum absolute atomic E-state index is 13.2. The molecule has 3 aromatic rings. The van der Waals surface area contributed by atoms with Crippen LogP contribution in [0.3, 0.4) is 0 Å². The van der Waals surface area contributed by atoms with E-state index in [1.54, 1.807) is 24.2 Å². The number of carbonyl (C=O) groups is 1. The minimum absolute atomic E-state index is 0.281. The van der Waals surface area contributed by atoms with Crippen LogP contribution in [0.25, 0.3) is 5.78 Å². The van der Waals surface area contributed by atoms with Crippen LogP contribution in [-0.2, 0) is 6.42 Å². The van der Waals surface area contributed by atoms with Gasteiger partial charge in [0.2, 0.25) is 5.88 Å². The summed E-state index contributed by atoms with van der Waals surface area (Å²) in [7, 11) is 1.51. The number of carbonyl (C=O) groups excluding carboxylic acids is 1. The van der Waals surface area contributed by atoms with Gasteiger partial charge in [0, 0.05) is 49.2 Å². The molecule has 2 aliphatic rings. The first-order chi connectivity index (χ1) is 15.4. The van der Waals surface area contributed by atoms with Crippen molar-refractivity contribution < 1.29 is 9.53 Å². The standard InChI is InChI=1S/C21H27N9O2/c1-12-9-28(10-13(2)23-12)17-5-7-22-18-15(17)6-8-29(18)21(31)25-16-11-30-20(24-14(3)27-30)26-19(16)32-4/h5,7,11-13,23H,6,8-10H2,1-4H3,(H,25,31)/t12-,13+. The highest BCUT2D eigenvalue weighted by atomic mass is 16.5. The van der Waals surface area contributed by atoms with Crippen LogP contribution in [0.15, 0.2) is 18.5 Å². The number of rotatable bonds is 3. The summed E-state index contributed by atoms with van der Waals surface area (Å²) in [6, 6.07) is 2.57. The smallest absolute Gasteiger partial charge is 0.327 e. The third-order valence-corrected chi connectivity index (χ3v) is 5.83. The highest BCUT2D eigenvalue weighted by Gasteiger charge is 2.32. The zero-order chi connectivity index (χ0) is 22.4. The number of amides is 2. The van der Waals surface area contributed by atoms with E-state index in [0.717, 1.165) is 30.8 Å². The number of aryl methyl sites for hydroxylation is 1. The lowest BCUT2D eigenvalue weighted by atomic mass is 10.1. The Balaban J connectivity index is 1.41. The fourth-order valence-electron chi connectivity index (χ4n) is 4.63. The van der Waals surface area contributed by atoms with E-state index in [2.05, 4.69) is 55.5 Å². The fourth-order valence-corrected chi connectivity index (χ4v) is 4.63. The molecule has 0 spiro atoms. The third-order valence-electron chi connectivity index (χ3n) is 5.83. The number of urea groups is 1. The lowest BCUT2D eigenvalue weighted by Crippen LogP contribution is -2.54. The molecular formula is C21H27N9O2. The molecule has 2 amide bonds. The van der Waals surface area contributed by atoms with E-state index in [1.165, 1.54) is 11.6 Å². The van der Waals surface area contributed by atoms with E-state index < -0.39 is 0 Å². The Morgan fingerprint density at radius 2 is 2.03 bits per heavy atom. The molecular weight excluding hydrogens is 410 g/mol. The summed E-state index contributed by atoms with van der Waals surface area (Å²) in [5.41, 5.74) is 2.69. The molecule has 0 aliphatic carbocycles. The van der Waals surface area contributed by atoms with Crippen LogP contribution in [0.2, 0.25) is 0 Å². The first-order valence-electron chi connectivity index (χ1n) is 10.8. The molecule has 5 heterocycles. The molecule has 1 saturated heterocycles. The van der Waals surface area contributed by atoms with E-state index >= 15 is 0 Å². The molecule has 5 rings (SSSR count). The molecule has 32 heavy (non-hydrogen) atoms.